The van der Waals surface area contributed by atoms with Crippen molar-refractivity contribution in [1.29, 1.82) is 0 Å². The fourth-order valence-electron chi connectivity index (χ4n) is 2.49. The maximum absolute atomic E-state index is 11.5. The van der Waals surface area contributed by atoms with Crippen LogP contribution in [0.4, 0.5) is 5.69 Å². The molecule has 0 aliphatic heterocycles. The number of carbonyl (C=O) groups is 2. The van der Waals surface area contributed by atoms with Gasteiger partial charge in [-0.25, -0.2) is 4.79 Å². The predicted octanol–water partition coefficient (Wildman–Crippen LogP) is 3.68. The third-order valence-electron chi connectivity index (χ3n) is 4.18. The van der Waals surface area contributed by atoms with E-state index in [1.807, 2.05) is 20.8 Å². The van der Waals surface area contributed by atoms with E-state index in [-0.39, 0.29) is 17.9 Å². The Balaban J connectivity index is 0.000000362. The number of hydrogen-bond donors (Lipinski definition) is 2. The van der Waals surface area contributed by atoms with Crippen molar-refractivity contribution in [3.63, 3.8) is 0 Å². The van der Waals surface area contributed by atoms with Crippen molar-refractivity contribution in [3.8, 4) is 0 Å². The van der Waals surface area contributed by atoms with Gasteiger partial charge in [0.25, 0.3) is 5.69 Å². The molecule has 2 atom stereocenters. The molecule has 0 saturated carbocycles. The molecule has 1 aliphatic carbocycles. The van der Waals surface area contributed by atoms with Crippen LogP contribution >= 0.6 is 0 Å². The Morgan fingerprint density at radius 2 is 1.79 bits per heavy atom. The van der Waals surface area contributed by atoms with Crippen molar-refractivity contribution in [2.75, 3.05) is 6.61 Å². The number of allylic oxidation sites excluding steroid dienone is 2. The smallest absolute Gasteiger partial charge is 0.331 e. The van der Waals surface area contributed by atoms with Crippen LogP contribution in [-0.4, -0.2) is 39.3 Å². The van der Waals surface area contributed by atoms with Crippen molar-refractivity contribution in [1.82, 2.24) is 0 Å². The molecule has 8 nitrogen and oxygen atoms in total. The molecule has 152 valence electrons. The third kappa shape index (κ3) is 6.31. The summed E-state index contributed by atoms with van der Waals surface area (Å²) < 4.78 is 5.59. The molecule has 0 fully saturated rings. The largest absolute Gasteiger partial charge is 0.481 e. The summed E-state index contributed by atoms with van der Waals surface area (Å²) in [5.74, 6) is -2.89. The fraction of sp³-hybridized carbons (Fsp3) is 0.400. The molecule has 1 aromatic carbocycles. The van der Waals surface area contributed by atoms with Gasteiger partial charge in [-0.2, -0.15) is 0 Å². The number of carboxylic acid groups (broad SMARTS) is 2. The van der Waals surface area contributed by atoms with Gasteiger partial charge in [-0.15, -0.1) is 0 Å². The molecule has 8 heteroatoms. The summed E-state index contributed by atoms with van der Waals surface area (Å²) in [6.07, 6.45) is 4.42. The van der Waals surface area contributed by atoms with E-state index < -0.39 is 33.8 Å². The molecule has 2 N–H and O–H groups in total. The summed E-state index contributed by atoms with van der Waals surface area (Å²) in [6, 6.07) is 7.93. The number of nitrogens with zero attached hydrogens (tertiary/aromatic N) is 1. The van der Waals surface area contributed by atoms with Crippen LogP contribution in [0.25, 0.3) is 0 Å². The molecule has 28 heavy (non-hydrogen) atoms. The number of non-ortho nitro benzene ring substituents is 1. The van der Waals surface area contributed by atoms with Crippen molar-refractivity contribution in [3.05, 3.63) is 64.2 Å². The van der Waals surface area contributed by atoms with Gasteiger partial charge in [0, 0.05) is 23.6 Å². The van der Waals surface area contributed by atoms with E-state index in [2.05, 4.69) is 0 Å². The minimum atomic E-state index is -1.27. The Bertz CT molecular complexity index is 777. The van der Waals surface area contributed by atoms with Crippen LogP contribution in [0.2, 0.25) is 0 Å². The predicted molar refractivity (Wildman–Crippen MR) is 103 cm³/mol. The van der Waals surface area contributed by atoms with Crippen LogP contribution in [0.3, 0.4) is 0 Å². The van der Waals surface area contributed by atoms with E-state index in [0.717, 1.165) is 0 Å². The lowest BCUT2D eigenvalue weighted by Gasteiger charge is -2.35. The van der Waals surface area contributed by atoms with Gasteiger partial charge in [-0.1, -0.05) is 36.4 Å². The van der Waals surface area contributed by atoms with Gasteiger partial charge in [-0.3, -0.25) is 14.9 Å². The molecule has 2 unspecified atom stereocenters. The highest BCUT2D eigenvalue weighted by Gasteiger charge is 2.45. The molecule has 0 heterocycles. The first-order valence-corrected chi connectivity index (χ1v) is 8.58. The van der Waals surface area contributed by atoms with Gasteiger partial charge in [0.1, 0.15) is 0 Å². The maximum atomic E-state index is 11.5. The minimum absolute atomic E-state index is 0.0504. The van der Waals surface area contributed by atoms with Gasteiger partial charge in [0.05, 0.1) is 22.5 Å². The third-order valence-corrected chi connectivity index (χ3v) is 4.18. The van der Waals surface area contributed by atoms with E-state index in [0.29, 0.717) is 0 Å². The lowest BCUT2D eigenvalue weighted by Crippen LogP contribution is -2.42. The molecule has 1 aliphatic rings. The number of hydrogen-bond acceptors (Lipinski definition) is 5. The van der Waals surface area contributed by atoms with Crippen LogP contribution in [0.1, 0.15) is 27.7 Å². The van der Waals surface area contributed by atoms with Crippen molar-refractivity contribution in [2.45, 2.75) is 33.3 Å². The Labute approximate surface area is 163 Å². The average Bonchev–Trinajstić information content (AvgIpc) is 2.60. The van der Waals surface area contributed by atoms with Crippen LogP contribution in [0.15, 0.2) is 54.1 Å². The molecule has 0 saturated heterocycles. The zero-order chi connectivity index (χ0) is 21.5. The monoisotopic (exact) mass is 391 g/mol. The zero-order valence-corrected chi connectivity index (χ0v) is 16.3. The van der Waals surface area contributed by atoms with Gasteiger partial charge < -0.3 is 14.9 Å². The van der Waals surface area contributed by atoms with Gasteiger partial charge in [-0.05, 0) is 27.7 Å². The van der Waals surface area contributed by atoms with E-state index in [1.54, 1.807) is 18.2 Å². The molecule has 0 amide bonds. The summed E-state index contributed by atoms with van der Waals surface area (Å²) in [4.78, 5) is 32.3. The second-order valence-electron chi connectivity index (χ2n) is 7.44. The number of carboxylic acids is 2. The van der Waals surface area contributed by atoms with Gasteiger partial charge >= 0.3 is 11.9 Å². The molecule has 0 spiro atoms. The quantitative estimate of drug-likeness (QED) is 0.579. The van der Waals surface area contributed by atoms with E-state index in [9.17, 15) is 29.9 Å². The second kappa shape index (κ2) is 9.27. The number of nitro groups is 1. The van der Waals surface area contributed by atoms with Crippen molar-refractivity contribution < 1.29 is 29.5 Å². The Hall–Kier alpha value is -3.00. The topological polar surface area (TPSA) is 127 Å². The Morgan fingerprint density at radius 1 is 1.21 bits per heavy atom. The molecule has 1 aromatic rings. The molecule has 0 radical (unpaired) electrons. The minimum Gasteiger partial charge on any atom is -0.481 e. The highest BCUT2D eigenvalue weighted by atomic mass is 16.6. The summed E-state index contributed by atoms with van der Waals surface area (Å²) in [7, 11) is 0. The average molecular weight is 391 g/mol. The normalized spacial score (nSPS) is 21.1. The van der Waals surface area contributed by atoms with Crippen molar-refractivity contribution in [2.24, 2.45) is 11.3 Å². The van der Waals surface area contributed by atoms with Gasteiger partial charge in [0.2, 0.25) is 0 Å². The first-order chi connectivity index (χ1) is 12.9. The summed E-state index contributed by atoms with van der Waals surface area (Å²) >= 11 is 0. The number of ether oxygens (including phenoxy) is 1. The van der Waals surface area contributed by atoms with Crippen LogP contribution in [0, 0.1) is 21.4 Å². The molecular weight excluding hydrogens is 366 g/mol. The van der Waals surface area contributed by atoms with E-state index >= 15 is 0 Å². The zero-order valence-electron chi connectivity index (χ0n) is 16.3. The number of para-hydroxylation sites is 1. The maximum Gasteiger partial charge on any atom is 0.331 e. The van der Waals surface area contributed by atoms with Gasteiger partial charge in [0.15, 0.2) is 0 Å². The number of aliphatic carboxylic acids is 2. The van der Waals surface area contributed by atoms with E-state index in [1.165, 1.54) is 37.3 Å². The Kier molecular flexibility index (Phi) is 7.63. The summed E-state index contributed by atoms with van der Waals surface area (Å²) in [5.41, 5.74) is -1.52. The first kappa shape index (κ1) is 23.0. The lowest BCUT2D eigenvalue weighted by atomic mass is 9.70. The molecule has 0 bridgehead atoms. The number of benzene rings is 1. The SMILES string of the molecule is CC(C)(C)OCC1C(C(=O)O)=CC=CC1(C)C(=O)O.O=[N+]([O-])c1ccccc1. The molecular formula is C20H25NO7. The highest BCUT2D eigenvalue weighted by Crippen LogP contribution is 2.39. The summed E-state index contributed by atoms with van der Waals surface area (Å²) in [6.45, 7) is 7.09. The van der Waals surface area contributed by atoms with Crippen LogP contribution in [0.5, 0.6) is 0 Å². The lowest BCUT2D eigenvalue weighted by molar-refractivity contribution is -0.384. The van der Waals surface area contributed by atoms with E-state index in [4.69, 9.17) is 4.74 Å². The molecule has 2 rings (SSSR count). The standard InChI is InChI=1S/C14H20O5.C6H5NO2/c1-13(2,3)19-8-10-9(11(15)16)6-5-7-14(10,4)12(17)18;8-7(9)6-4-2-1-3-5-6/h5-7,10H,8H2,1-4H3,(H,15,16)(H,17,18);1-5H. The first-order valence-electron chi connectivity index (χ1n) is 8.58. The number of nitro benzene ring substituents is 1. The second-order valence-corrected chi connectivity index (χ2v) is 7.44. The van der Waals surface area contributed by atoms with Crippen molar-refractivity contribution >= 4 is 17.6 Å². The van der Waals surface area contributed by atoms with Crippen LogP contribution in [-0.2, 0) is 14.3 Å². The Morgan fingerprint density at radius 3 is 2.18 bits per heavy atom. The highest BCUT2D eigenvalue weighted by molar-refractivity contribution is 5.91. The molecule has 0 aromatic heterocycles. The van der Waals surface area contributed by atoms with Crippen LogP contribution < -0.4 is 0 Å². The number of rotatable bonds is 5. The summed E-state index contributed by atoms with van der Waals surface area (Å²) in [5, 5.41) is 28.6. The fourth-order valence-corrected chi connectivity index (χ4v) is 2.49.